The highest BCUT2D eigenvalue weighted by Crippen LogP contribution is 2.58. The predicted molar refractivity (Wildman–Crippen MR) is 104 cm³/mol. The lowest BCUT2D eigenvalue weighted by Gasteiger charge is -2.30. The Kier molecular flexibility index (Phi) is 3.93. The van der Waals surface area contributed by atoms with Crippen LogP contribution in [-0.2, 0) is 9.53 Å². The summed E-state index contributed by atoms with van der Waals surface area (Å²) >= 11 is 0. The first-order valence-electron chi connectivity index (χ1n) is 9.92. The molecule has 0 spiro atoms. The lowest BCUT2D eigenvalue weighted by atomic mass is 9.89. The van der Waals surface area contributed by atoms with Gasteiger partial charge in [0, 0.05) is 5.92 Å². The van der Waals surface area contributed by atoms with Crippen molar-refractivity contribution in [1.82, 2.24) is 5.32 Å². The Morgan fingerprint density at radius 1 is 1.07 bits per heavy atom. The van der Waals surface area contributed by atoms with Crippen LogP contribution in [-0.4, -0.2) is 29.3 Å². The van der Waals surface area contributed by atoms with E-state index >= 15 is 0 Å². The molecule has 0 bridgehead atoms. The fourth-order valence-electron chi connectivity index (χ4n) is 5.40. The van der Waals surface area contributed by atoms with Gasteiger partial charge < -0.3 is 15.2 Å². The molecule has 3 aliphatic carbocycles. The van der Waals surface area contributed by atoms with E-state index < -0.39 is 17.6 Å². The summed E-state index contributed by atoms with van der Waals surface area (Å²) in [7, 11) is 0. The van der Waals surface area contributed by atoms with Crippen LogP contribution in [0.4, 0.5) is 4.79 Å². The number of fused-ring (bicyclic) bond motifs is 4. The summed E-state index contributed by atoms with van der Waals surface area (Å²) in [5.41, 5.74) is 4.07. The van der Waals surface area contributed by atoms with Gasteiger partial charge in [-0.3, -0.25) is 4.79 Å². The summed E-state index contributed by atoms with van der Waals surface area (Å²) in [5.74, 6) is -0.0189. The molecule has 144 valence electrons. The van der Waals surface area contributed by atoms with Crippen molar-refractivity contribution in [3.05, 3.63) is 59.7 Å². The Labute approximate surface area is 163 Å². The molecule has 0 aromatic heterocycles. The van der Waals surface area contributed by atoms with Gasteiger partial charge in [0.1, 0.15) is 6.61 Å². The number of carboxylic acid groups (broad SMARTS) is 1. The molecule has 2 aromatic rings. The molecule has 5 heteroatoms. The zero-order valence-corrected chi connectivity index (χ0v) is 15.6. The molecule has 28 heavy (non-hydrogen) atoms. The van der Waals surface area contributed by atoms with Gasteiger partial charge in [0.15, 0.2) is 0 Å². The zero-order chi connectivity index (χ0) is 19.3. The average molecular weight is 377 g/mol. The van der Waals surface area contributed by atoms with E-state index in [-0.39, 0.29) is 24.9 Å². The highest BCUT2D eigenvalue weighted by atomic mass is 16.5. The second kappa shape index (κ2) is 6.36. The van der Waals surface area contributed by atoms with Crippen LogP contribution in [0.5, 0.6) is 0 Å². The number of carboxylic acids is 1. The maximum absolute atomic E-state index is 12.6. The maximum Gasteiger partial charge on any atom is 0.407 e. The summed E-state index contributed by atoms with van der Waals surface area (Å²) in [6.07, 6.45) is 2.19. The molecular formula is C23H23NO4. The number of aliphatic carboxylic acids is 1. The monoisotopic (exact) mass is 377 g/mol. The minimum atomic E-state index is -0.869. The molecule has 3 aliphatic rings. The van der Waals surface area contributed by atoms with Crippen molar-refractivity contribution in [1.29, 1.82) is 0 Å². The molecule has 3 atom stereocenters. The Balaban J connectivity index is 1.31. The van der Waals surface area contributed by atoms with Crippen molar-refractivity contribution in [2.24, 2.45) is 11.8 Å². The maximum atomic E-state index is 12.6. The lowest BCUT2D eigenvalue weighted by molar-refractivity contribution is -0.138. The SMILES string of the molecule is O=C(O)CC1(NC(=O)OCC2c3ccccc3-c3ccccc32)CC[C@@H]2C[C@@H]21. The van der Waals surface area contributed by atoms with E-state index in [9.17, 15) is 14.7 Å². The molecule has 0 aliphatic heterocycles. The van der Waals surface area contributed by atoms with E-state index in [1.54, 1.807) is 0 Å². The van der Waals surface area contributed by atoms with Crippen molar-refractivity contribution in [3.8, 4) is 11.1 Å². The molecule has 1 unspecified atom stereocenters. The van der Waals surface area contributed by atoms with Gasteiger partial charge in [0.2, 0.25) is 0 Å². The van der Waals surface area contributed by atoms with Gasteiger partial charge in [-0.2, -0.15) is 0 Å². The number of amides is 1. The summed E-state index contributed by atoms with van der Waals surface area (Å²) in [4.78, 5) is 24.0. The molecule has 2 fully saturated rings. The van der Waals surface area contributed by atoms with Gasteiger partial charge in [-0.1, -0.05) is 48.5 Å². The topological polar surface area (TPSA) is 75.6 Å². The van der Waals surface area contributed by atoms with Gasteiger partial charge in [-0.15, -0.1) is 0 Å². The van der Waals surface area contributed by atoms with Crippen LogP contribution >= 0.6 is 0 Å². The van der Waals surface area contributed by atoms with Crippen LogP contribution in [0.3, 0.4) is 0 Å². The number of carbonyl (C=O) groups excluding carboxylic acids is 1. The second-order valence-electron chi connectivity index (χ2n) is 8.32. The highest BCUT2D eigenvalue weighted by molar-refractivity contribution is 5.79. The first-order valence-corrected chi connectivity index (χ1v) is 9.92. The Morgan fingerprint density at radius 3 is 2.25 bits per heavy atom. The molecule has 0 radical (unpaired) electrons. The van der Waals surface area contributed by atoms with Gasteiger partial charge in [-0.05, 0) is 53.4 Å². The third-order valence-corrected chi connectivity index (χ3v) is 6.75. The normalized spacial score (nSPS) is 26.9. The summed E-state index contributed by atoms with van der Waals surface area (Å²) in [5, 5.41) is 12.3. The molecule has 0 heterocycles. The Bertz CT molecular complexity index is 910. The Hall–Kier alpha value is -2.82. The third kappa shape index (κ3) is 2.77. The van der Waals surface area contributed by atoms with Gasteiger partial charge in [-0.25, -0.2) is 4.79 Å². The molecule has 0 saturated heterocycles. The van der Waals surface area contributed by atoms with Gasteiger partial charge in [0.05, 0.1) is 12.0 Å². The van der Waals surface area contributed by atoms with Crippen LogP contribution < -0.4 is 5.32 Å². The fourth-order valence-corrected chi connectivity index (χ4v) is 5.40. The van der Waals surface area contributed by atoms with Crippen molar-refractivity contribution in [2.75, 3.05) is 6.61 Å². The number of rotatable bonds is 5. The van der Waals surface area contributed by atoms with Crippen LogP contribution in [0.2, 0.25) is 0 Å². The molecule has 1 amide bonds. The van der Waals surface area contributed by atoms with Crippen LogP contribution in [0.1, 0.15) is 42.7 Å². The summed E-state index contributed by atoms with van der Waals surface area (Å²) < 4.78 is 5.63. The second-order valence-corrected chi connectivity index (χ2v) is 8.32. The van der Waals surface area contributed by atoms with E-state index in [0.29, 0.717) is 5.92 Å². The number of hydrogen-bond donors (Lipinski definition) is 2. The zero-order valence-electron chi connectivity index (χ0n) is 15.6. The van der Waals surface area contributed by atoms with E-state index in [0.717, 1.165) is 19.3 Å². The highest BCUT2D eigenvalue weighted by Gasteiger charge is 2.59. The van der Waals surface area contributed by atoms with Crippen LogP contribution in [0, 0.1) is 11.8 Å². The van der Waals surface area contributed by atoms with Crippen molar-refractivity contribution >= 4 is 12.1 Å². The fraction of sp³-hybridized carbons (Fsp3) is 0.391. The minimum absolute atomic E-state index is 0.00539. The lowest BCUT2D eigenvalue weighted by Crippen LogP contribution is -2.50. The third-order valence-electron chi connectivity index (χ3n) is 6.75. The average Bonchev–Trinajstić information content (AvgIpc) is 3.31. The van der Waals surface area contributed by atoms with Crippen molar-refractivity contribution < 1.29 is 19.4 Å². The van der Waals surface area contributed by atoms with Crippen molar-refractivity contribution in [3.63, 3.8) is 0 Å². The summed E-state index contributed by atoms with van der Waals surface area (Å²) in [6.45, 7) is 0.247. The van der Waals surface area contributed by atoms with E-state index in [4.69, 9.17) is 4.74 Å². The van der Waals surface area contributed by atoms with Crippen LogP contribution in [0.25, 0.3) is 11.1 Å². The molecule has 5 rings (SSSR count). The van der Waals surface area contributed by atoms with Crippen LogP contribution in [0.15, 0.2) is 48.5 Å². The van der Waals surface area contributed by atoms with E-state index in [1.807, 2.05) is 24.3 Å². The standard InChI is InChI=1S/C23H23NO4/c25-21(26)12-23(10-9-14-11-20(14)23)24-22(27)28-13-19-17-7-3-1-5-15(17)16-6-2-4-8-18(16)19/h1-8,14,19-20H,9-13H2,(H,24,27)(H,25,26)/t14-,20+,23?/m1/s1. The largest absolute Gasteiger partial charge is 0.481 e. The van der Waals surface area contributed by atoms with Crippen molar-refractivity contribution in [2.45, 2.75) is 37.1 Å². The number of carbonyl (C=O) groups is 2. The van der Waals surface area contributed by atoms with Gasteiger partial charge >= 0.3 is 12.1 Å². The molecule has 2 N–H and O–H groups in total. The molecule has 2 saturated carbocycles. The molecule has 2 aromatic carbocycles. The predicted octanol–water partition coefficient (Wildman–Crippen LogP) is 4.17. The minimum Gasteiger partial charge on any atom is -0.481 e. The van der Waals surface area contributed by atoms with E-state index in [2.05, 4.69) is 29.6 Å². The number of alkyl carbamates (subject to hydrolysis) is 1. The first kappa shape index (κ1) is 17.3. The number of hydrogen-bond acceptors (Lipinski definition) is 3. The number of benzene rings is 2. The summed E-state index contributed by atoms with van der Waals surface area (Å²) in [6, 6.07) is 16.4. The number of ether oxygens (including phenoxy) is 1. The first-order chi connectivity index (χ1) is 13.6. The molecule has 5 nitrogen and oxygen atoms in total. The Morgan fingerprint density at radius 2 is 1.71 bits per heavy atom. The van der Waals surface area contributed by atoms with Gasteiger partial charge in [0.25, 0.3) is 0 Å². The smallest absolute Gasteiger partial charge is 0.407 e. The quantitative estimate of drug-likeness (QED) is 0.820. The van der Waals surface area contributed by atoms with E-state index in [1.165, 1.54) is 22.3 Å². The molecular weight excluding hydrogens is 354 g/mol. The number of nitrogens with one attached hydrogen (secondary N) is 1.